The van der Waals surface area contributed by atoms with Gasteiger partial charge in [-0.15, -0.1) is 11.3 Å². The fourth-order valence-corrected chi connectivity index (χ4v) is 4.70. The molecule has 1 N–H and O–H groups in total. The highest BCUT2D eigenvalue weighted by Gasteiger charge is 2.25. The lowest BCUT2D eigenvalue weighted by molar-refractivity contribution is 0.102. The predicted molar refractivity (Wildman–Crippen MR) is 108 cm³/mol. The van der Waals surface area contributed by atoms with Gasteiger partial charge < -0.3 is 0 Å². The van der Waals surface area contributed by atoms with E-state index < -0.39 is 15.9 Å². The number of thiazole rings is 1. The van der Waals surface area contributed by atoms with Crippen LogP contribution in [0.3, 0.4) is 0 Å². The molecule has 3 aromatic rings. The monoisotopic (exact) mass is 421 g/mol. The molecule has 9 heteroatoms. The molecule has 140 valence electrons. The van der Waals surface area contributed by atoms with E-state index in [0.29, 0.717) is 10.8 Å². The van der Waals surface area contributed by atoms with E-state index >= 15 is 0 Å². The minimum atomic E-state index is -3.94. The summed E-state index contributed by atoms with van der Waals surface area (Å²) in [6, 6.07) is 12.8. The molecule has 0 bridgehead atoms. The van der Waals surface area contributed by atoms with E-state index in [1.54, 1.807) is 36.5 Å². The molecule has 1 heterocycles. The molecule has 0 aliphatic carbocycles. The molecule has 1 aromatic heterocycles. The summed E-state index contributed by atoms with van der Waals surface area (Å²) in [4.78, 5) is 17.3. The quantitative estimate of drug-likeness (QED) is 0.670. The molecule has 0 radical (unpaired) electrons. The number of hydrogen-bond acceptors (Lipinski definition) is 5. The Hall–Kier alpha value is -2.42. The molecule has 2 aromatic carbocycles. The second-order valence-corrected chi connectivity index (χ2v) is 9.26. The van der Waals surface area contributed by atoms with Crippen LogP contribution >= 0.6 is 22.9 Å². The number of carbonyl (C=O) groups excluding carboxylic acids is 1. The van der Waals surface area contributed by atoms with Crippen LogP contribution in [-0.2, 0) is 10.0 Å². The topological polar surface area (TPSA) is 79.4 Å². The van der Waals surface area contributed by atoms with Gasteiger partial charge in [-0.1, -0.05) is 29.8 Å². The lowest BCUT2D eigenvalue weighted by Gasteiger charge is -2.20. The average Bonchev–Trinajstić information content (AvgIpc) is 3.06. The standard InChI is InChI=1S/C18H16ClN3O3S2/c1-12-11-20-18(26-12)21-17(23)13-8-9-15(19)16(10-13)27(24,25)22(2)14-6-4-3-5-7-14/h3-11H,1-2H3,(H,20,21,23). The first-order chi connectivity index (χ1) is 12.8. The van der Waals surface area contributed by atoms with Gasteiger partial charge in [-0.3, -0.25) is 14.4 Å². The summed E-state index contributed by atoms with van der Waals surface area (Å²) < 4.78 is 27.1. The molecular formula is C18H16ClN3O3S2. The average molecular weight is 422 g/mol. The largest absolute Gasteiger partial charge is 0.298 e. The number of nitrogens with zero attached hydrogens (tertiary/aromatic N) is 2. The second-order valence-electron chi connectivity index (χ2n) is 5.68. The third-order valence-electron chi connectivity index (χ3n) is 3.79. The number of hydrogen-bond donors (Lipinski definition) is 1. The summed E-state index contributed by atoms with van der Waals surface area (Å²) in [5, 5.41) is 3.14. The van der Waals surface area contributed by atoms with Crippen molar-refractivity contribution < 1.29 is 13.2 Å². The van der Waals surface area contributed by atoms with Crippen molar-refractivity contribution in [2.45, 2.75) is 11.8 Å². The van der Waals surface area contributed by atoms with Crippen molar-refractivity contribution in [3.05, 3.63) is 70.2 Å². The van der Waals surface area contributed by atoms with Crippen LogP contribution in [-0.4, -0.2) is 26.4 Å². The van der Waals surface area contributed by atoms with E-state index in [2.05, 4.69) is 10.3 Å². The fraction of sp³-hybridized carbons (Fsp3) is 0.111. The Labute approximate surface area is 166 Å². The molecule has 0 atom stereocenters. The Morgan fingerprint density at radius 3 is 2.52 bits per heavy atom. The summed E-state index contributed by atoms with van der Waals surface area (Å²) in [6.07, 6.45) is 1.65. The zero-order chi connectivity index (χ0) is 19.6. The normalized spacial score (nSPS) is 11.2. The van der Waals surface area contributed by atoms with Crippen LogP contribution in [0.25, 0.3) is 0 Å². The van der Waals surface area contributed by atoms with Crippen LogP contribution in [0.2, 0.25) is 5.02 Å². The number of benzene rings is 2. The van der Waals surface area contributed by atoms with E-state index in [0.717, 1.165) is 9.18 Å². The van der Waals surface area contributed by atoms with Crippen LogP contribution in [0.4, 0.5) is 10.8 Å². The first kappa shape index (κ1) is 19.3. The number of aryl methyl sites for hydroxylation is 1. The smallest absolute Gasteiger partial charge is 0.265 e. The van der Waals surface area contributed by atoms with Crippen molar-refractivity contribution in [3.63, 3.8) is 0 Å². The van der Waals surface area contributed by atoms with Gasteiger partial charge in [-0.25, -0.2) is 13.4 Å². The van der Waals surface area contributed by atoms with Crippen LogP contribution < -0.4 is 9.62 Å². The van der Waals surface area contributed by atoms with Gasteiger partial charge in [-0.2, -0.15) is 0 Å². The number of anilines is 2. The van der Waals surface area contributed by atoms with Gasteiger partial charge in [0.1, 0.15) is 4.90 Å². The molecule has 0 spiro atoms. The fourth-order valence-electron chi connectivity index (χ4n) is 2.35. The highest BCUT2D eigenvalue weighted by atomic mass is 35.5. The van der Waals surface area contributed by atoms with Crippen molar-refractivity contribution in [2.24, 2.45) is 0 Å². The number of amides is 1. The number of para-hydroxylation sites is 1. The Kier molecular flexibility index (Phi) is 5.50. The van der Waals surface area contributed by atoms with Crippen molar-refractivity contribution in [3.8, 4) is 0 Å². The number of nitrogens with one attached hydrogen (secondary N) is 1. The number of sulfonamides is 1. The van der Waals surface area contributed by atoms with Gasteiger partial charge in [-0.05, 0) is 37.3 Å². The van der Waals surface area contributed by atoms with Gasteiger partial charge in [0.15, 0.2) is 5.13 Å². The molecule has 0 saturated heterocycles. The molecule has 0 unspecified atom stereocenters. The first-order valence-corrected chi connectivity index (χ1v) is 10.5. The maximum Gasteiger partial charge on any atom is 0.265 e. The Morgan fingerprint density at radius 2 is 1.89 bits per heavy atom. The maximum absolute atomic E-state index is 13.0. The SMILES string of the molecule is Cc1cnc(NC(=O)c2ccc(Cl)c(S(=O)(=O)N(C)c3ccccc3)c2)s1. The second kappa shape index (κ2) is 7.67. The summed E-state index contributed by atoms with van der Waals surface area (Å²) in [6.45, 7) is 1.87. The zero-order valence-electron chi connectivity index (χ0n) is 14.5. The van der Waals surface area contributed by atoms with E-state index in [-0.39, 0.29) is 15.5 Å². The van der Waals surface area contributed by atoms with Crippen molar-refractivity contribution in [1.82, 2.24) is 4.98 Å². The Bertz CT molecular complexity index is 1080. The number of aromatic nitrogens is 1. The number of halogens is 1. The molecule has 0 saturated carbocycles. The molecule has 3 rings (SSSR count). The van der Waals surface area contributed by atoms with Crippen LogP contribution in [0.15, 0.2) is 59.6 Å². The van der Waals surface area contributed by atoms with Gasteiger partial charge in [0.05, 0.1) is 10.7 Å². The van der Waals surface area contributed by atoms with Gasteiger partial charge in [0, 0.05) is 23.7 Å². The van der Waals surface area contributed by atoms with Crippen molar-refractivity contribution in [2.75, 3.05) is 16.7 Å². The van der Waals surface area contributed by atoms with Gasteiger partial charge >= 0.3 is 0 Å². The zero-order valence-corrected chi connectivity index (χ0v) is 16.9. The molecule has 1 amide bonds. The summed E-state index contributed by atoms with van der Waals surface area (Å²) in [7, 11) is -2.50. The van der Waals surface area contributed by atoms with E-state index in [9.17, 15) is 13.2 Å². The summed E-state index contributed by atoms with van der Waals surface area (Å²) in [5.74, 6) is -0.458. The van der Waals surface area contributed by atoms with E-state index in [4.69, 9.17) is 11.6 Å². The van der Waals surface area contributed by atoms with Gasteiger partial charge in [0.25, 0.3) is 15.9 Å². The van der Waals surface area contributed by atoms with E-state index in [1.165, 1.54) is 36.6 Å². The molecule has 0 aliphatic heterocycles. The minimum Gasteiger partial charge on any atom is -0.298 e. The Balaban J connectivity index is 1.94. The number of carbonyl (C=O) groups is 1. The lowest BCUT2D eigenvalue weighted by Crippen LogP contribution is -2.27. The molecule has 27 heavy (non-hydrogen) atoms. The highest BCUT2D eigenvalue weighted by Crippen LogP contribution is 2.28. The molecular weight excluding hydrogens is 406 g/mol. The minimum absolute atomic E-state index is 0.0411. The lowest BCUT2D eigenvalue weighted by atomic mass is 10.2. The Morgan fingerprint density at radius 1 is 1.19 bits per heavy atom. The van der Waals surface area contributed by atoms with Crippen LogP contribution in [0.1, 0.15) is 15.2 Å². The summed E-state index contributed by atoms with van der Waals surface area (Å²) >= 11 is 7.46. The third-order valence-corrected chi connectivity index (χ3v) is 6.89. The third kappa shape index (κ3) is 4.13. The van der Waals surface area contributed by atoms with Crippen molar-refractivity contribution >= 4 is 49.7 Å². The molecule has 6 nitrogen and oxygen atoms in total. The molecule has 0 fully saturated rings. The van der Waals surface area contributed by atoms with Crippen LogP contribution in [0, 0.1) is 6.92 Å². The first-order valence-electron chi connectivity index (χ1n) is 7.86. The van der Waals surface area contributed by atoms with Crippen LogP contribution in [0.5, 0.6) is 0 Å². The summed E-state index contributed by atoms with van der Waals surface area (Å²) in [5.41, 5.74) is 0.661. The molecule has 0 aliphatic rings. The highest BCUT2D eigenvalue weighted by molar-refractivity contribution is 7.93. The van der Waals surface area contributed by atoms with Crippen molar-refractivity contribution in [1.29, 1.82) is 0 Å². The predicted octanol–water partition coefficient (Wildman–Crippen LogP) is 4.18. The van der Waals surface area contributed by atoms with E-state index in [1.807, 2.05) is 6.92 Å². The maximum atomic E-state index is 13.0. The number of rotatable bonds is 5. The van der Waals surface area contributed by atoms with Gasteiger partial charge in [0.2, 0.25) is 0 Å².